The molecule has 5 heavy (non-hydrogen) atoms. The van der Waals surface area contributed by atoms with Crippen LogP contribution >= 0.6 is 0 Å². The molecule has 0 spiro atoms. The highest BCUT2D eigenvalue weighted by Gasteiger charge is 1.52. The third-order valence-electron chi connectivity index (χ3n) is 0.156. The minimum atomic E-state index is 0.0451. The summed E-state index contributed by atoms with van der Waals surface area (Å²) in [6.45, 7) is 0. The molecule has 0 atom stereocenters. The fraction of sp³-hybridized carbons (Fsp3) is 0.500. The first kappa shape index (κ1) is 4.44. The van der Waals surface area contributed by atoms with Crippen molar-refractivity contribution in [1.82, 2.24) is 0 Å². The lowest BCUT2D eigenvalue weighted by Crippen LogP contribution is -1.68. The second-order valence-corrected chi connectivity index (χ2v) is 0.432. The van der Waals surface area contributed by atoms with Gasteiger partial charge in [-0.2, -0.15) is 0 Å². The summed E-state index contributed by atoms with van der Waals surface area (Å²) in [7, 11) is 4.71. The van der Waals surface area contributed by atoms with Gasteiger partial charge in [-0.05, 0) is 0 Å². The molecular formula is C2H2BNO. The van der Waals surface area contributed by atoms with Crippen LogP contribution in [0.2, 0.25) is 0 Å². The predicted octanol–water partition coefficient (Wildman–Crippen LogP) is -0.552. The molecule has 0 aromatic carbocycles. The van der Waals surface area contributed by atoms with Gasteiger partial charge in [0.15, 0.2) is 0 Å². The highest BCUT2D eigenvalue weighted by atomic mass is 16.1. The van der Waals surface area contributed by atoms with Crippen molar-refractivity contribution in [3.63, 3.8) is 0 Å². The summed E-state index contributed by atoms with van der Waals surface area (Å²) in [4.78, 5) is 12.0. The monoisotopic (exact) mass is 67.0 g/mol. The SMILES string of the molecule is [B]CN=C=O. The van der Waals surface area contributed by atoms with E-state index in [9.17, 15) is 0 Å². The third-order valence-corrected chi connectivity index (χ3v) is 0.156. The second-order valence-electron chi connectivity index (χ2n) is 0.432. The number of carbonyl (C=O) groups excluding carboxylic acids is 1. The number of hydrogen-bond acceptors (Lipinski definition) is 2. The molecular weight excluding hydrogens is 64.8 g/mol. The standard InChI is InChI=1S/C2H2BNO/c3-1-4-2-5/h1H2. The van der Waals surface area contributed by atoms with E-state index in [2.05, 4.69) is 4.99 Å². The summed E-state index contributed by atoms with van der Waals surface area (Å²) in [5.41, 5.74) is 0. The smallest absolute Gasteiger partial charge is 0.216 e. The molecule has 0 amide bonds. The minimum absolute atomic E-state index is 0.0451. The van der Waals surface area contributed by atoms with E-state index in [1.165, 1.54) is 6.08 Å². The molecule has 0 heterocycles. The fourth-order valence-corrected chi connectivity index (χ4v) is 0.0373. The van der Waals surface area contributed by atoms with Crippen LogP contribution in [0.4, 0.5) is 0 Å². The van der Waals surface area contributed by atoms with Gasteiger partial charge in [0, 0.05) is 6.44 Å². The second kappa shape index (κ2) is 3.44. The van der Waals surface area contributed by atoms with Crippen molar-refractivity contribution in [3.8, 4) is 0 Å². The quantitative estimate of drug-likeness (QED) is 0.230. The van der Waals surface area contributed by atoms with E-state index >= 15 is 0 Å². The minimum Gasteiger partial charge on any atom is -0.216 e. The van der Waals surface area contributed by atoms with Crippen molar-refractivity contribution in [1.29, 1.82) is 0 Å². The Morgan fingerprint density at radius 2 is 2.60 bits per heavy atom. The zero-order valence-electron chi connectivity index (χ0n) is 2.64. The third kappa shape index (κ3) is 3.44. The van der Waals surface area contributed by atoms with Crippen molar-refractivity contribution in [2.24, 2.45) is 4.99 Å². The maximum atomic E-state index is 9.03. The maximum Gasteiger partial charge on any atom is 0.234 e. The van der Waals surface area contributed by atoms with E-state index in [0.29, 0.717) is 0 Å². The molecule has 0 aliphatic rings. The summed E-state index contributed by atoms with van der Waals surface area (Å²) in [6, 6.07) is 0. The van der Waals surface area contributed by atoms with Crippen molar-refractivity contribution < 1.29 is 4.79 Å². The summed E-state index contributed by atoms with van der Waals surface area (Å²) >= 11 is 0. The summed E-state index contributed by atoms with van der Waals surface area (Å²) < 4.78 is 0. The van der Waals surface area contributed by atoms with E-state index in [4.69, 9.17) is 12.6 Å². The predicted molar refractivity (Wildman–Crippen MR) is 18.7 cm³/mol. The number of rotatable bonds is 1. The van der Waals surface area contributed by atoms with Crippen LogP contribution in [0.3, 0.4) is 0 Å². The lowest BCUT2D eigenvalue weighted by molar-refractivity contribution is 0.564. The van der Waals surface area contributed by atoms with Gasteiger partial charge in [-0.1, -0.05) is 0 Å². The van der Waals surface area contributed by atoms with Crippen LogP contribution in [0.15, 0.2) is 4.99 Å². The first-order valence-electron chi connectivity index (χ1n) is 1.15. The number of nitrogens with zero attached hydrogens (tertiary/aromatic N) is 1. The van der Waals surface area contributed by atoms with Gasteiger partial charge in [-0.25, -0.2) is 9.79 Å². The van der Waals surface area contributed by atoms with Gasteiger partial charge >= 0.3 is 0 Å². The Balaban J connectivity index is 2.93. The van der Waals surface area contributed by atoms with Gasteiger partial charge in [0.25, 0.3) is 0 Å². The highest BCUT2D eigenvalue weighted by molar-refractivity contribution is 6.09. The van der Waals surface area contributed by atoms with Crippen molar-refractivity contribution in [2.45, 2.75) is 0 Å². The zero-order valence-corrected chi connectivity index (χ0v) is 2.64. The number of aliphatic imine (C=N–C) groups is 1. The largest absolute Gasteiger partial charge is 0.234 e. The highest BCUT2D eigenvalue weighted by Crippen LogP contribution is 1.45. The Hall–Kier alpha value is -0.555. The Kier molecular flexibility index (Phi) is 3.06. The van der Waals surface area contributed by atoms with E-state index in [1.807, 2.05) is 0 Å². The fourth-order valence-electron chi connectivity index (χ4n) is 0.0373. The molecule has 3 heteroatoms. The molecule has 2 radical (unpaired) electrons. The normalized spacial score (nSPS) is 5.60. The average Bonchev–Trinajstić information content (AvgIpc) is 1.41. The molecule has 0 aliphatic heterocycles. The Morgan fingerprint density at radius 3 is 2.60 bits per heavy atom. The molecule has 0 bridgehead atoms. The van der Waals surface area contributed by atoms with E-state index in [0.717, 1.165) is 0 Å². The van der Waals surface area contributed by atoms with Gasteiger partial charge in [0.2, 0.25) is 6.08 Å². The number of isocyanates is 1. The van der Waals surface area contributed by atoms with Crippen molar-refractivity contribution in [3.05, 3.63) is 0 Å². The Bertz CT molecular complexity index is 56.7. The first-order chi connectivity index (χ1) is 2.41. The van der Waals surface area contributed by atoms with E-state index in [-0.39, 0.29) is 6.44 Å². The topological polar surface area (TPSA) is 29.4 Å². The van der Waals surface area contributed by atoms with Gasteiger partial charge in [-0.15, -0.1) is 0 Å². The molecule has 0 aliphatic carbocycles. The molecule has 0 aromatic rings. The molecule has 0 saturated carbocycles. The van der Waals surface area contributed by atoms with Gasteiger partial charge < -0.3 is 0 Å². The molecule has 0 fully saturated rings. The van der Waals surface area contributed by atoms with Crippen LogP contribution < -0.4 is 0 Å². The zero-order chi connectivity index (χ0) is 4.12. The molecule has 0 aromatic heterocycles. The van der Waals surface area contributed by atoms with Crippen LogP contribution in [0.25, 0.3) is 0 Å². The van der Waals surface area contributed by atoms with Crippen LogP contribution in [-0.4, -0.2) is 20.4 Å². The van der Waals surface area contributed by atoms with Crippen LogP contribution in [-0.2, 0) is 4.79 Å². The van der Waals surface area contributed by atoms with Crippen LogP contribution in [0.1, 0.15) is 0 Å². The molecule has 0 N–H and O–H groups in total. The summed E-state index contributed by atoms with van der Waals surface area (Å²) in [5, 5.41) is 0. The molecule has 0 rings (SSSR count). The molecule has 2 nitrogen and oxygen atoms in total. The molecule has 24 valence electrons. The molecule has 0 saturated heterocycles. The van der Waals surface area contributed by atoms with Gasteiger partial charge in [0.1, 0.15) is 0 Å². The van der Waals surface area contributed by atoms with Crippen molar-refractivity contribution in [2.75, 3.05) is 6.44 Å². The van der Waals surface area contributed by atoms with Crippen molar-refractivity contribution >= 4 is 13.9 Å². The first-order valence-corrected chi connectivity index (χ1v) is 1.15. The van der Waals surface area contributed by atoms with E-state index in [1.54, 1.807) is 0 Å². The summed E-state index contributed by atoms with van der Waals surface area (Å²) in [6.07, 6.45) is 1.31. The lowest BCUT2D eigenvalue weighted by Gasteiger charge is -1.57. The summed E-state index contributed by atoms with van der Waals surface area (Å²) in [5.74, 6) is 0. The van der Waals surface area contributed by atoms with Crippen LogP contribution in [0.5, 0.6) is 0 Å². The lowest BCUT2D eigenvalue weighted by atomic mass is 10.2. The van der Waals surface area contributed by atoms with E-state index < -0.39 is 0 Å². The Labute approximate surface area is 31.3 Å². The maximum absolute atomic E-state index is 9.03. The van der Waals surface area contributed by atoms with Gasteiger partial charge in [0.05, 0.1) is 7.85 Å². The Morgan fingerprint density at radius 1 is 2.00 bits per heavy atom. The van der Waals surface area contributed by atoms with Gasteiger partial charge in [-0.3, -0.25) is 0 Å². The average molecular weight is 66.9 g/mol. The number of hydrogen-bond donors (Lipinski definition) is 0. The van der Waals surface area contributed by atoms with Crippen LogP contribution in [0, 0.1) is 0 Å². The molecule has 0 unspecified atom stereocenters.